The third kappa shape index (κ3) is 6.01. The Balaban J connectivity index is 1.52. The van der Waals surface area contributed by atoms with Crippen LogP contribution in [0.2, 0.25) is 0 Å². The number of hydrogen-bond acceptors (Lipinski definition) is 5. The molecular formula is C24H33N3O4S. The van der Waals surface area contributed by atoms with E-state index in [1.54, 1.807) is 32.9 Å². The van der Waals surface area contributed by atoms with Crippen molar-refractivity contribution in [2.24, 2.45) is 0 Å². The van der Waals surface area contributed by atoms with E-state index in [2.05, 4.69) is 41.7 Å². The third-order valence-corrected chi connectivity index (χ3v) is 7.26. The molecule has 0 bridgehead atoms. The summed E-state index contributed by atoms with van der Waals surface area (Å²) in [6.45, 7) is 12.4. The van der Waals surface area contributed by atoms with Gasteiger partial charge in [0.2, 0.25) is 10.0 Å². The van der Waals surface area contributed by atoms with Gasteiger partial charge >= 0.3 is 0 Å². The molecule has 0 radical (unpaired) electrons. The number of benzene rings is 2. The minimum absolute atomic E-state index is 0.0725. The van der Waals surface area contributed by atoms with E-state index in [9.17, 15) is 13.2 Å². The fourth-order valence-corrected chi connectivity index (χ4v) is 5.11. The highest BCUT2D eigenvalue weighted by Gasteiger charge is 2.24. The molecule has 7 nitrogen and oxygen atoms in total. The smallest absolute Gasteiger partial charge is 0.260 e. The lowest BCUT2D eigenvalue weighted by Crippen LogP contribution is -2.50. The Bertz CT molecular complexity index is 1050. The van der Waals surface area contributed by atoms with Gasteiger partial charge in [0, 0.05) is 37.4 Å². The first-order valence-corrected chi connectivity index (χ1v) is 12.3. The van der Waals surface area contributed by atoms with Gasteiger partial charge in [-0.2, -0.15) is 0 Å². The summed E-state index contributed by atoms with van der Waals surface area (Å²) >= 11 is 0. The molecule has 1 saturated heterocycles. The number of aryl methyl sites for hydroxylation is 1. The number of amides is 1. The van der Waals surface area contributed by atoms with Gasteiger partial charge in [0.1, 0.15) is 5.75 Å². The molecule has 1 heterocycles. The van der Waals surface area contributed by atoms with Crippen molar-refractivity contribution in [1.29, 1.82) is 0 Å². The van der Waals surface area contributed by atoms with Gasteiger partial charge in [-0.25, -0.2) is 13.1 Å². The zero-order valence-corrected chi connectivity index (χ0v) is 20.3. The lowest BCUT2D eigenvalue weighted by atomic mass is 10.1. The van der Waals surface area contributed by atoms with Crippen LogP contribution in [0.3, 0.4) is 0 Å². The van der Waals surface area contributed by atoms with Gasteiger partial charge in [0.05, 0.1) is 4.90 Å². The van der Waals surface area contributed by atoms with Crippen molar-refractivity contribution >= 4 is 21.6 Å². The summed E-state index contributed by atoms with van der Waals surface area (Å²) in [7, 11) is -3.60. The molecule has 1 N–H and O–H groups in total. The molecule has 0 aliphatic carbocycles. The fraction of sp³-hybridized carbons (Fsp3) is 0.458. The molecule has 0 aromatic heterocycles. The van der Waals surface area contributed by atoms with E-state index < -0.39 is 15.6 Å². The maximum atomic E-state index is 12.6. The SMILES string of the molecule is Cc1cccc(N2CCN(C(=O)COc3ccc(S(=O)(=O)NC(C)(C)C)cc3)CC2)c1C. The molecule has 0 spiro atoms. The average molecular weight is 460 g/mol. The first kappa shape index (κ1) is 24.1. The lowest BCUT2D eigenvalue weighted by Gasteiger charge is -2.37. The standard InChI is InChI=1S/C24H33N3O4S/c1-18-7-6-8-22(19(18)2)26-13-15-27(16-14-26)23(28)17-31-20-9-11-21(12-10-20)32(29,30)25-24(3,4)5/h6-12,25H,13-17H2,1-5H3. The monoisotopic (exact) mass is 459 g/mol. The molecule has 174 valence electrons. The van der Waals surface area contributed by atoms with E-state index in [0.717, 1.165) is 13.1 Å². The van der Waals surface area contributed by atoms with Crippen LogP contribution in [-0.4, -0.2) is 57.5 Å². The van der Waals surface area contributed by atoms with Crippen LogP contribution in [0.5, 0.6) is 5.75 Å². The molecule has 0 unspecified atom stereocenters. The van der Waals surface area contributed by atoms with Crippen molar-refractivity contribution in [2.75, 3.05) is 37.7 Å². The number of sulfonamides is 1. The predicted octanol–water partition coefficient (Wildman–Crippen LogP) is 3.11. The van der Waals surface area contributed by atoms with E-state index in [0.29, 0.717) is 18.8 Å². The van der Waals surface area contributed by atoms with Crippen molar-refractivity contribution in [2.45, 2.75) is 45.1 Å². The van der Waals surface area contributed by atoms with Gasteiger partial charge < -0.3 is 14.5 Å². The molecule has 8 heteroatoms. The Labute approximate surface area is 191 Å². The molecule has 0 atom stereocenters. The topological polar surface area (TPSA) is 79.0 Å². The zero-order valence-electron chi connectivity index (χ0n) is 19.5. The molecule has 2 aromatic rings. The van der Waals surface area contributed by atoms with E-state index in [1.165, 1.54) is 28.9 Å². The second-order valence-corrected chi connectivity index (χ2v) is 10.9. The normalized spacial score (nSPS) is 15.0. The maximum absolute atomic E-state index is 12.6. The highest BCUT2D eigenvalue weighted by atomic mass is 32.2. The van der Waals surface area contributed by atoms with Gasteiger partial charge in [-0.3, -0.25) is 4.79 Å². The van der Waals surface area contributed by atoms with Crippen LogP contribution in [0.25, 0.3) is 0 Å². The number of carbonyl (C=O) groups is 1. The number of piperazine rings is 1. The van der Waals surface area contributed by atoms with Crippen molar-refractivity contribution in [3.8, 4) is 5.75 Å². The summed E-state index contributed by atoms with van der Waals surface area (Å²) in [6, 6.07) is 12.4. The summed E-state index contributed by atoms with van der Waals surface area (Å²) in [5, 5.41) is 0. The molecule has 1 aliphatic rings. The molecule has 2 aromatic carbocycles. The Morgan fingerprint density at radius 1 is 1.00 bits per heavy atom. The molecular weight excluding hydrogens is 426 g/mol. The van der Waals surface area contributed by atoms with E-state index >= 15 is 0 Å². The first-order chi connectivity index (χ1) is 15.0. The van der Waals surface area contributed by atoms with Crippen LogP contribution in [-0.2, 0) is 14.8 Å². The Morgan fingerprint density at radius 2 is 1.62 bits per heavy atom. The summed E-state index contributed by atoms with van der Waals surface area (Å²) in [5.41, 5.74) is 3.20. The number of anilines is 1. The van der Waals surface area contributed by atoms with Crippen molar-refractivity contribution in [3.05, 3.63) is 53.6 Å². The number of rotatable bonds is 6. The van der Waals surface area contributed by atoms with Crippen LogP contribution >= 0.6 is 0 Å². The average Bonchev–Trinajstić information content (AvgIpc) is 2.73. The number of nitrogens with zero attached hydrogens (tertiary/aromatic N) is 2. The number of carbonyl (C=O) groups excluding carboxylic acids is 1. The molecule has 0 saturated carbocycles. The highest BCUT2D eigenvalue weighted by Crippen LogP contribution is 2.24. The minimum Gasteiger partial charge on any atom is -0.484 e. The molecule has 1 aliphatic heterocycles. The van der Waals surface area contributed by atoms with Crippen LogP contribution in [0.15, 0.2) is 47.4 Å². The predicted molar refractivity (Wildman–Crippen MR) is 127 cm³/mol. The summed E-state index contributed by atoms with van der Waals surface area (Å²) in [6.07, 6.45) is 0. The largest absolute Gasteiger partial charge is 0.484 e. The highest BCUT2D eigenvalue weighted by molar-refractivity contribution is 7.89. The molecule has 1 fully saturated rings. The Kier molecular flexibility index (Phi) is 7.15. The van der Waals surface area contributed by atoms with Crippen LogP contribution < -0.4 is 14.4 Å². The quantitative estimate of drug-likeness (QED) is 0.718. The lowest BCUT2D eigenvalue weighted by molar-refractivity contribution is -0.133. The second-order valence-electron chi connectivity index (χ2n) is 9.20. The summed E-state index contributed by atoms with van der Waals surface area (Å²) in [4.78, 5) is 16.9. The molecule has 3 rings (SSSR count). The van der Waals surface area contributed by atoms with E-state index in [-0.39, 0.29) is 17.4 Å². The molecule has 32 heavy (non-hydrogen) atoms. The first-order valence-electron chi connectivity index (χ1n) is 10.8. The Morgan fingerprint density at radius 3 is 2.22 bits per heavy atom. The van der Waals surface area contributed by atoms with E-state index in [4.69, 9.17) is 4.74 Å². The summed E-state index contributed by atoms with van der Waals surface area (Å²) < 4.78 is 33.0. The van der Waals surface area contributed by atoms with Crippen molar-refractivity contribution in [1.82, 2.24) is 9.62 Å². The Hall–Kier alpha value is -2.58. The van der Waals surface area contributed by atoms with Gasteiger partial charge in [0.25, 0.3) is 5.91 Å². The van der Waals surface area contributed by atoms with Crippen molar-refractivity contribution in [3.63, 3.8) is 0 Å². The molecule has 1 amide bonds. The number of ether oxygens (including phenoxy) is 1. The van der Waals surface area contributed by atoms with E-state index in [1.807, 2.05) is 4.90 Å². The van der Waals surface area contributed by atoms with Crippen LogP contribution in [0, 0.1) is 13.8 Å². The van der Waals surface area contributed by atoms with Crippen LogP contribution in [0.1, 0.15) is 31.9 Å². The van der Waals surface area contributed by atoms with Gasteiger partial charge in [-0.15, -0.1) is 0 Å². The third-order valence-electron chi connectivity index (χ3n) is 5.49. The van der Waals surface area contributed by atoms with Gasteiger partial charge in [-0.05, 0) is 76.1 Å². The maximum Gasteiger partial charge on any atom is 0.260 e. The van der Waals surface area contributed by atoms with Gasteiger partial charge in [0.15, 0.2) is 6.61 Å². The fourth-order valence-electron chi connectivity index (χ4n) is 3.69. The van der Waals surface area contributed by atoms with Crippen molar-refractivity contribution < 1.29 is 17.9 Å². The van der Waals surface area contributed by atoms with Gasteiger partial charge in [-0.1, -0.05) is 12.1 Å². The zero-order chi connectivity index (χ0) is 23.5. The summed E-state index contributed by atoms with van der Waals surface area (Å²) in [5.74, 6) is 0.388. The second kappa shape index (κ2) is 9.50. The van der Waals surface area contributed by atoms with Crippen LogP contribution in [0.4, 0.5) is 5.69 Å². The number of nitrogens with one attached hydrogen (secondary N) is 1. The number of hydrogen-bond donors (Lipinski definition) is 1. The minimum atomic E-state index is -3.60.